The number of benzene rings is 4. The highest BCUT2D eigenvalue weighted by Gasteiger charge is 2.31. The molecule has 1 aliphatic rings. The molecule has 0 radical (unpaired) electrons. The van der Waals surface area contributed by atoms with Gasteiger partial charge in [-0.05, 0) is 85.3 Å². The summed E-state index contributed by atoms with van der Waals surface area (Å²) in [4.78, 5) is 26.7. The maximum atomic E-state index is 13.7. The van der Waals surface area contributed by atoms with Crippen molar-refractivity contribution < 1.29 is 36.6 Å². The number of aromatic hydroxyl groups is 1. The van der Waals surface area contributed by atoms with E-state index in [4.69, 9.17) is 5.26 Å². The van der Waals surface area contributed by atoms with Gasteiger partial charge < -0.3 is 15.1 Å². The summed E-state index contributed by atoms with van der Waals surface area (Å²) in [5, 5.41) is 28.8. The van der Waals surface area contributed by atoms with Gasteiger partial charge in [0.15, 0.2) is 0 Å². The van der Waals surface area contributed by atoms with Gasteiger partial charge >= 0.3 is 5.97 Å². The number of rotatable bonds is 11. The van der Waals surface area contributed by atoms with Crippen molar-refractivity contribution in [3.05, 3.63) is 119 Å². The SMILES string of the molecule is Cc1ccc(S(=O)(=O)N(C)CC(=O)N(Cc2ccc(C3CCN(S(=O)(=O)c4ccc(C#N)cc4)CC3)cc2)c2ccc(C(=O)O)c(O)c2)cc1. The summed E-state index contributed by atoms with van der Waals surface area (Å²) in [5.74, 6) is -2.40. The fourth-order valence-corrected chi connectivity index (χ4v) is 8.39. The minimum absolute atomic E-state index is 0.00926. The van der Waals surface area contributed by atoms with Crippen molar-refractivity contribution in [3.8, 4) is 11.8 Å². The van der Waals surface area contributed by atoms with Crippen molar-refractivity contribution in [2.75, 3.05) is 31.6 Å². The lowest BCUT2D eigenvalue weighted by molar-refractivity contribution is -0.118. The molecule has 0 aromatic heterocycles. The fourth-order valence-electron chi connectivity index (χ4n) is 5.80. The predicted octanol–water partition coefficient (Wildman–Crippen LogP) is 4.69. The van der Waals surface area contributed by atoms with Crippen LogP contribution in [-0.4, -0.2) is 74.2 Å². The smallest absolute Gasteiger partial charge is 0.339 e. The third-order valence-corrected chi connectivity index (χ3v) is 12.5. The van der Waals surface area contributed by atoms with Gasteiger partial charge in [-0.25, -0.2) is 21.6 Å². The molecule has 12 nitrogen and oxygen atoms in total. The molecule has 1 fully saturated rings. The quantitative estimate of drug-likeness (QED) is 0.223. The Labute approximate surface area is 291 Å². The van der Waals surface area contributed by atoms with Crippen molar-refractivity contribution in [3.63, 3.8) is 0 Å². The molecule has 50 heavy (non-hydrogen) atoms. The standard InChI is InChI=1S/C36H36N4O8S2/c1-25-3-12-31(13-4-25)49(45,46)38(2)24-35(42)40(30-11-16-33(36(43)44)34(41)21-30)23-27-5-9-28(10-6-27)29-17-19-39(20-18-29)50(47,48)32-14-7-26(22-37)8-15-32/h3-16,21,29,41H,17-20,23-24H2,1-2H3,(H,43,44). The van der Waals surface area contributed by atoms with E-state index >= 15 is 0 Å². The molecule has 0 unspecified atom stereocenters. The van der Waals surface area contributed by atoms with Gasteiger partial charge in [-0.15, -0.1) is 0 Å². The summed E-state index contributed by atoms with van der Waals surface area (Å²) in [6.07, 6.45) is 1.19. The lowest BCUT2D eigenvalue weighted by Crippen LogP contribution is -2.41. The summed E-state index contributed by atoms with van der Waals surface area (Å²) in [5.41, 5.74) is 2.77. The highest BCUT2D eigenvalue weighted by atomic mass is 32.2. The van der Waals surface area contributed by atoms with Crippen LogP contribution in [-0.2, 0) is 31.4 Å². The Morgan fingerprint density at radius 2 is 1.48 bits per heavy atom. The molecule has 260 valence electrons. The highest BCUT2D eigenvalue weighted by molar-refractivity contribution is 7.89. The minimum atomic E-state index is -4.01. The number of hydrogen-bond acceptors (Lipinski definition) is 8. The number of sulfonamides is 2. The van der Waals surface area contributed by atoms with Gasteiger partial charge in [0.05, 0.1) is 34.5 Å². The molecule has 1 amide bonds. The molecule has 1 heterocycles. The number of carbonyl (C=O) groups is 2. The topological polar surface area (TPSA) is 176 Å². The molecule has 14 heteroatoms. The molecule has 0 aliphatic carbocycles. The maximum Gasteiger partial charge on any atom is 0.339 e. The summed E-state index contributed by atoms with van der Waals surface area (Å²) < 4.78 is 55.2. The normalized spacial score (nSPS) is 14.3. The van der Waals surface area contributed by atoms with Crippen molar-refractivity contribution in [1.82, 2.24) is 8.61 Å². The van der Waals surface area contributed by atoms with E-state index in [-0.39, 0.29) is 33.5 Å². The Bertz CT molecular complexity index is 2140. The first-order valence-corrected chi connectivity index (χ1v) is 18.6. The second-order valence-corrected chi connectivity index (χ2v) is 16.1. The molecule has 2 N–H and O–H groups in total. The van der Waals surface area contributed by atoms with Crippen molar-refractivity contribution in [1.29, 1.82) is 5.26 Å². The first-order valence-electron chi connectivity index (χ1n) is 15.7. The summed E-state index contributed by atoms with van der Waals surface area (Å²) >= 11 is 0. The van der Waals surface area contributed by atoms with E-state index in [0.29, 0.717) is 37.1 Å². The number of amides is 1. The minimum Gasteiger partial charge on any atom is -0.507 e. The molecule has 5 rings (SSSR count). The zero-order valence-corrected chi connectivity index (χ0v) is 29.1. The van der Waals surface area contributed by atoms with Crippen LogP contribution in [0.3, 0.4) is 0 Å². The number of phenols is 1. The lowest BCUT2D eigenvalue weighted by atomic mass is 9.90. The van der Waals surface area contributed by atoms with E-state index in [2.05, 4.69) is 0 Å². The van der Waals surface area contributed by atoms with Crippen molar-refractivity contribution >= 4 is 37.6 Å². The average molecular weight is 717 g/mol. The molecule has 0 saturated carbocycles. The van der Waals surface area contributed by atoms with Crippen LogP contribution in [0.2, 0.25) is 0 Å². The molecule has 0 atom stereocenters. The Morgan fingerprint density at radius 1 is 0.880 bits per heavy atom. The van der Waals surface area contributed by atoms with Gasteiger partial charge in [-0.1, -0.05) is 42.0 Å². The monoisotopic (exact) mass is 716 g/mol. The number of piperidine rings is 1. The van der Waals surface area contributed by atoms with E-state index in [1.807, 2.05) is 37.3 Å². The second-order valence-electron chi connectivity index (χ2n) is 12.1. The molecular weight excluding hydrogens is 681 g/mol. The van der Waals surface area contributed by atoms with Crippen LogP contribution >= 0.6 is 0 Å². The predicted molar refractivity (Wildman–Crippen MR) is 186 cm³/mol. The fraction of sp³-hybridized carbons (Fsp3) is 0.250. The van der Waals surface area contributed by atoms with Gasteiger partial charge in [0, 0.05) is 31.9 Å². The van der Waals surface area contributed by atoms with Crippen LogP contribution in [0.25, 0.3) is 0 Å². The van der Waals surface area contributed by atoms with E-state index in [1.54, 1.807) is 12.1 Å². The number of anilines is 1. The largest absolute Gasteiger partial charge is 0.507 e. The Kier molecular flexibility index (Phi) is 10.7. The van der Waals surface area contributed by atoms with Crippen LogP contribution in [0.4, 0.5) is 5.69 Å². The Hall–Kier alpha value is -5.07. The van der Waals surface area contributed by atoms with E-state index in [9.17, 15) is 36.6 Å². The molecule has 4 aromatic carbocycles. The number of aromatic carboxylic acids is 1. The first-order chi connectivity index (χ1) is 23.7. The Morgan fingerprint density at radius 3 is 2.04 bits per heavy atom. The van der Waals surface area contributed by atoms with Gasteiger partial charge in [0.2, 0.25) is 26.0 Å². The molecular formula is C36H36N4O8S2. The Balaban J connectivity index is 1.31. The number of likely N-dealkylation sites (N-methyl/N-ethyl adjacent to an activating group) is 1. The lowest BCUT2D eigenvalue weighted by Gasteiger charge is -2.31. The molecule has 4 aromatic rings. The third kappa shape index (κ3) is 7.87. The summed E-state index contributed by atoms with van der Waals surface area (Å²) in [6, 6.07) is 25.3. The van der Waals surface area contributed by atoms with E-state index < -0.39 is 44.2 Å². The molecule has 0 spiro atoms. The van der Waals surface area contributed by atoms with Crippen molar-refractivity contribution in [2.24, 2.45) is 0 Å². The van der Waals surface area contributed by atoms with Crippen molar-refractivity contribution in [2.45, 2.75) is 42.0 Å². The van der Waals surface area contributed by atoms with Crippen LogP contribution in [0.15, 0.2) is 101 Å². The molecule has 1 saturated heterocycles. The van der Waals surface area contributed by atoms with Crippen LogP contribution < -0.4 is 4.90 Å². The van der Waals surface area contributed by atoms with Crippen LogP contribution in [0.5, 0.6) is 5.75 Å². The van der Waals surface area contributed by atoms with Gasteiger partial charge in [0.1, 0.15) is 11.3 Å². The number of carbonyl (C=O) groups excluding carboxylic acids is 1. The first kappa shape index (κ1) is 36.2. The van der Waals surface area contributed by atoms with Gasteiger partial charge in [0.25, 0.3) is 0 Å². The molecule has 0 bridgehead atoms. The summed E-state index contributed by atoms with van der Waals surface area (Å²) in [7, 11) is -6.41. The number of nitrogens with zero attached hydrogens (tertiary/aromatic N) is 4. The highest BCUT2D eigenvalue weighted by Crippen LogP contribution is 2.32. The third-order valence-electron chi connectivity index (χ3n) is 8.78. The maximum absolute atomic E-state index is 13.7. The van der Waals surface area contributed by atoms with E-state index in [1.165, 1.54) is 64.8 Å². The number of carboxylic acid groups (broad SMARTS) is 1. The zero-order valence-electron chi connectivity index (χ0n) is 27.4. The average Bonchev–Trinajstić information content (AvgIpc) is 3.10. The number of aryl methyl sites for hydroxylation is 1. The van der Waals surface area contributed by atoms with Crippen LogP contribution in [0, 0.1) is 18.3 Å². The van der Waals surface area contributed by atoms with E-state index in [0.717, 1.165) is 21.5 Å². The summed E-state index contributed by atoms with van der Waals surface area (Å²) in [6.45, 7) is 1.94. The number of carboxylic acids is 1. The molecule has 1 aliphatic heterocycles. The number of hydrogen-bond donors (Lipinski definition) is 2. The van der Waals surface area contributed by atoms with Gasteiger partial charge in [-0.3, -0.25) is 4.79 Å². The van der Waals surface area contributed by atoms with Crippen LogP contribution in [0.1, 0.15) is 51.4 Å². The second kappa shape index (κ2) is 14.8. The number of nitriles is 1. The van der Waals surface area contributed by atoms with Gasteiger partial charge in [-0.2, -0.15) is 13.9 Å². The zero-order chi connectivity index (χ0) is 36.2.